The monoisotopic (exact) mass is 195 g/mol. The molecule has 0 saturated heterocycles. The fourth-order valence-electron chi connectivity index (χ4n) is 0.813. The van der Waals surface area contributed by atoms with Crippen LogP contribution in [0.4, 0.5) is 0 Å². The van der Waals surface area contributed by atoms with Crippen molar-refractivity contribution in [2.75, 3.05) is 6.61 Å². The lowest BCUT2D eigenvalue weighted by atomic mass is 9.95. The first-order valence-electron chi connectivity index (χ1n) is 4.06. The molecule has 3 nitrogen and oxygen atoms in total. The minimum absolute atomic E-state index is 0. The van der Waals surface area contributed by atoms with E-state index in [0.717, 1.165) is 0 Å². The van der Waals surface area contributed by atoms with Crippen LogP contribution in [0.3, 0.4) is 0 Å². The summed E-state index contributed by atoms with van der Waals surface area (Å²) in [7, 11) is 0. The lowest BCUT2D eigenvalue weighted by Crippen LogP contribution is -2.47. The maximum atomic E-state index is 11.2. The van der Waals surface area contributed by atoms with E-state index in [1.54, 1.807) is 6.92 Å². The molecule has 0 fully saturated rings. The number of hydrogen-bond donors (Lipinski definition) is 1. The van der Waals surface area contributed by atoms with Gasteiger partial charge in [0.2, 0.25) is 0 Å². The van der Waals surface area contributed by atoms with Gasteiger partial charge in [-0.2, -0.15) is 0 Å². The molecule has 0 aliphatic heterocycles. The predicted molar refractivity (Wildman–Crippen MR) is 51.4 cm³/mol. The predicted octanol–water partition coefficient (Wildman–Crippen LogP) is 1.49. The molecule has 0 aliphatic carbocycles. The number of rotatable bonds is 4. The van der Waals surface area contributed by atoms with Crippen molar-refractivity contribution >= 4 is 18.4 Å². The SMILES string of the molecule is CCOC(=O)C(N)(CC)CC.Cl. The summed E-state index contributed by atoms with van der Waals surface area (Å²) in [5, 5.41) is 0. The molecular formula is C8H18ClNO2. The molecule has 0 spiro atoms. The van der Waals surface area contributed by atoms with Gasteiger partial charge in [-0.05, 0) is 19.8 Å². The van der Waals surface area contributed by atoms with Gasteiger partial charge >= 0.3 is 5.97 Å². The van der Waals surface area contributed by atoms with Crippen molar-refractivity contribution in [1.29, 1.82) is 0 Å². The standard InChI is InChI=1S/C8H17NO2.ClH/c1-4-8(9,5-2)7(10)11-6-3;/h4-6,9H2,1-3H3;1H. The van der Waals surface area contributed by atoms with E-state index in [2.05, 4.69) is 0 Å². The highest BCUT2D eigenvalue weighted by Crippen LogP contribution is 2.12. The molecule has 0 radical (unpaired) electrons. The van der Waals surface area contributed by atoms with Crippen LogP contribution in [-0.2, 0) is 9.53 Å². The van der Waals surface area contributed by atoms with Gasteiger partial charge in [-0.25, -0.2) is 0 Å². The number of hydrogen-bond acceptors (Lipinski definition) is 3. The average Bonchev–Trinajstić information content (AvgIpc) is 2.03. The lowest BCUT2D eigenvalue weighted by molar-refractivity contribution is -0.149. The first-order valence-corrected chi connectivity index (χ1v) is 4.06. The Bertz CT molecular complexity index is 135. The van der Waals surface area contributed by atoms with Gasteiger partial charge in [0.15, 0.2) is 0 Å². The van der Waals surface area contributed by atoms with Crippen molar-refractivity contribution in [3.63, 3.8) is 0 Å². The van der Waals surface area contributed by atoms with Gasteiger partial charge in [0.1, 0.15) is 5.54 Å². The van der Waals surface area contributed by atoms with Crippen LogP contribution in [0.5, 0.6) is 0 Å². The Balaban J connectivity index is 0. The normalized spacial score (nSPS) is 10.3. The van der Waals surface area contributed by atoms with Crippen molar-refractivity contribution < 1.29 is 9.53 Å². The van der Waals surface area contributed by atoms with Gasteiger partial charge in [0.05, 0.1) is 6.61 Å². The summed E-state index contributed by atoms with van der Waals surface area (Å²) in [6.45, 7) is 5.96. The van der Waals surface area contributed by atoms with Gasteiger partial charge in [0.25, 0.3) is 0 Å². The van der Waals surface area contributed by atoms with Crippen LogP contribution in [0, 0.1) is 0 Å². The Kier molecular flexibility index (Phi) is 7.44. The third kappa shape index (κ3) is 3.41. The molecule has 0 atom stereocenters. The molecule has 0 aliphatic rings. The summed E-state index contributed by atoms with van der Waals surface area (Å²) in [4.78, 5) is 11.2. The Morgan fingerprint density at radius 2 is 1.75 bits per heavy atom. The van der Waals surface area contributed by atoms with Crippen LogP contribution in [0.15, 0.2) is 0 Å². The summed E-state index contributed by atoms with van der Waals surface area (Å²) in [5.74, 6) is -0.287. The minimum Gasteiger partial charge on any atom is -0.465 e. The van der Waals surface area contributed by atoms with E-state index >= 15 is 0 Å². The lowest BCUT2D eigenvalue weighted by Gasteiger charge is -2.23. The van der Waals surface area contributed by atoms with E-state index in [1.807, 2.05) is 13.8 Å². The zero-order valence-electron chi connectivity index (χ0n) is 7.92. The van der Waals surface area contributed by atoms with E-state index < -0.39 is 5.54 Å². The Hall–Kier alpha value is -0.280. The van der Waals surface area contributed by atoms with Crippen LogP contribution in [0.1, 0.15) is 33.6 Å². The molecule has 12 heavy (non-hydrogen) atoms. The molecule has 2 N–H and O–H groups in total. The van der Waals surface area contributed by atoms with Crippen molar-refractivity contribution in [3.8, 4) is 0 Å². The van der Waals surface area contributed by atoms with E-state index in [4.69, 9.17) is 10.5 Å². The first-order chi connectivity index (χ1) is 5.10. The summed E-state index contributed by atoms with van der Waals surface area (Å²) < 4.78 is 4.82. The quantitative estimate of drug-likeness (QED) is 0.692. The second-order valence-electron chi connectivity index (χ2n) is 2.58. The van der Waals surface area contributed by atoms with Gasteiger partial charge in [-0.15, -0.1) is 12.4 Å². The van der Waals surface area contributed by atoms with Crippen LogP contribution < -0.4 is 5.73 Å². The van der Waals surface area contributed by atoms with Crippen LogP contribution >= 0.6 is 12.4 Å². The Morgan fingerprint density at radius 3 is 2.00 bits per heavy atom. The molecule has 0 rings (SSSR count). The highest BCUT2D eigenvalue weighted by molar-refractivity contribution is 5.85. The molecule has 0 amide bonds. The molecule has 0 aromatic carbocycles. The fraction of sp³-hybridized carbons (Fsp3) is 0.875. The second kappa shape index (κ2) is 6.26. The molecule has 0 saturated carbocycles. The van der Waals surface area contributed by atoms with Crippen molar-refractivity contribution in [1.82, 2.24) is 0 Å². The first kappa shape index (κ1) is 14.3. The highest BCUT2D eigenvalue weighted by atomic mass is 35.5. The van der Waals surface area contributed by atoms with E-state index in [-0.39, 0.29) is 18.4 Å². The van der Waals surface area contributed by atoms with E-state index in [9.17, 15) is 4.79 Å². The number of nitrogens with two attached hydrogens (primary N) is 1. The Morgan fingerprint density at radius 1 is 1.33 bits per heavy atom. The maximum Gasteiger partial charge on any atom is 0.326 e. The van der Waals surface area contributed by atoms with E-state index in [1.165, 1.54) is 0 Å². The number of carbonyl (C=O) groups is 1. The molecule has 0 aromatic heterocycles. The number of carbonyl (C=O) groups excluding carboxylic acids is 1. The molecule has 0 unspecified atom stereocenters. The summed E-state index contributed by atoms with van der Waals surface area (Å²) >= 11 is 0. The largest absolute Gasteiger partial charge is 0.465 e. The molecule has 74 valence electrons. The van der Waals surface area contributed by atoms with E-state index in [0.29, 0.717) is 19.4 Å². The molecule has 0 aromatic rings. The summed E-state index contributed by atoms with van der Waals surface area (Å²) in [5.41, 5.74) is 4.98. The van der Waals surface area contributed by atoms with Crippen molar-refractivity contribution in [2.24, 2.45) is 5.73 Å². The second-order valence-corrected chi connectivity index (χ2v) is 2.58. The van der Waals surface area contributed by atoms with Crippen LogP contribution in [0.2, 0.25) is 0 Å². The zero-order chi connectivity index (χ0) is 8.91. The molecule has 0 heterocycles. The van der Waals surface area contributed by atoms with Gasteiger partial charge in [-0.3, -0.25) is 4.79 Å². The minimum atomic E-state index is -0.768. The highest BCUT2D eigenvalue weighted by Gasteiger charge is 2.31. The van der Waals surface area contributed by atoms with Gasteiger partial charge < -0.3 is 10.5 Å². The summed E-state index contributed by atoms with van der Waals surface area (Å²) in [6, 6.07) is 0. The van der Waals surface area contributed by atoms with Gasteiger partial charge in [-0.1, -0.05) is 13.8 Å². The smallest absolute Gasteiger partial charge is 0.326 e. The third-order valence-corrected chi connectivity index (χ3v) is 1.94. The fourth-order valence-corrected chi connectivity index (χ4v) is 0.813. The number of esters is 1. The molecule has 0 bridgehead atoms. The topological polar surface area (TPSA) is 52.3 Å². The number of ether oxygens (including phenoxy) is 1. The maximum absolute atomic E-state index is 11.2. The number of halogens is 1. The third-order valence-electron chi connectivity index (χ3n) is 1.94. The average molecular weight is 196 g/mol. The summed E-state index contributed by atoms with van der Waals surface area (Å²) in [6.07, 6.45) is 1.25. The van der Waals surface area contributed by atoms with Crippen molar-refractivity contribution in [3.05, 3.63) is 0 Å². The van der Waals surface area contributed by atoms with Crippen LogP contribution in [-0.4, -0.2) is 18.1 Å². The van der Waals surface area contributed by atoms with Crippen LogP contribution in [0.25, 0.3) is 0 Å². The molecule has 4 heteroatoms. The van der Waals surface area contributed by atoms with Gasteiger partial charge in [0, 0.05) is 0 Å². The molecular weight excluding hydrogens is 178 g/mol. The zero-order valence-corrected chi connectivity index (χ0v) is 8.74. The van der Waals surface area contributed by atoms with Crippen molar-refractivity contribution in [2.45, 2.75) is 39.2 Å². The Labute approximate surface area is 80.1 Å².